The van der Waals surface area contributed by atoms with Crippen molar-refractivity contribution in [3.63, 3.8) is 0 Å². The van der Waals surface area contributed by atoms with Gasteiger partial charge in [-0.1, -0.05) is 50.9 Å². The van der Waals surface area contributed by atoms with Crippen LogP contribution in [0.25, 0.3) is 22.3 Å². The van der Waals surface area contributed by atoms with Gasteiger partial charge in [0.2, 0.25) is 0 Å². The second-order valence-corrected chi connectivity index (χ2v) is 7.22. The molecule has 26 heavy (non-hydrogen) atoms. The first-order valence-corrected chi connectivity index (χ1v) is 8.95. The van der Waals surface area contributed by atoms with Gasteiger partial charge in [-0.25, -0.2) is 0 Å². The molecule has 3 rings (SSSR count). The number of aromatic hydroxyl groups is 1. The van der Waals surface area contributed by atoms with Gasteiger partial charge in [-0.3, -0.25) is 0 Å². The average molecular weight is 432 g/mol. The van der Waals surface area contributed by atoms with Gasteiger partial charge < -0.3 is 16.0 Å². The maximum atomic E-state index is 9.61. The highest BCUT2D eigenvalue weighted by molar-refractivity contribution is 9.10. The molecule has 0 spiro atoms. The van der Waals surface area contributed by atoms with Crippen molar-refractivity contribution >= 4 is 33.4 Å². The van der Waals surface area contributed by atoms with E-state index in [4.69, 9.17) is 17.3 Å². The van der Waals surface area contributed by atoms with E-state index in [2.05, 4.69) is 21.1 Å². The zero-order chi connectivity index (χ0) is 18.8. The van der Waals surface area contributed by atoms with Crippen molar-refractivity contribution in [3.8, 4) is 28.0 Å². The lowest BCUT2D eigenvalue weighted by Gasteiger charge is -2.18. The summed E-state index contributed by atoms with van der Waals surface area (Å²) in [5.74, 6) is 0.182. The highest BCUT2D eigenvalue weighted by Gasteiger charge is 2.18. The van der Waals surface area contributed by atoms with Crippen molar-refractivity contribution in [1.82, 2.24) is 0 Å². The third-order valence-electron chi connectivity index (χ3n) is 4.13. The monoisotopic (exact) mass is 430 g/mol. The molecule has 0 unspecified atom stereocenters. The Morgan fingerprint density at radius 2 is 1.73 bits per heavy atom. The van der Waals surface area contributed by atoms with E-state index in [1.165, 1.54) is 0 Å². The van der Waals surface area contributed by atoms with E-state index in [1.807, 2.05) is 43.3 Å². The van der Waals surface area contributed by atoms with E-state index >= 15 is 0 Å². The van der Waals surface area contributed by atoms with Crippen molar-refractivity contribution in [2.24, 2.45) is 10.9 Å². The highest BCUT2D eigenvalue weighted by atomic mass is 79.9. The van der Waals surface area contributed by atoms with Crippen LogP contribution in [0.2, 0.25) is 5.02 Å². The summed E-state index contributed by atoms with van der Waals surface area (Å²) in [5, 5.41) is 22.6. The fourth-order valence-corrected chi connectivity index (χ4v) is 3.52. The van der Waals surface area contributed by atoms with Crippen molar-refractivity contribution < 1.29 is 10.3 Å². The first-order chi connectivity index (χ1) is 12.4. The molecule has 0 radical (unpaired) electrons. The van der Waals surface area contributed by atoms with Crippen LogP contribution in [0, 0.1) is 6.92 Å². The van der Waals surface area contributed by atoms with Gasteiger partial charge in [-0.05, 0) is 65.6 Å². The molecule has 0 aliphatic heterocycles. The SMILES string of the molecule is Cc1ccc(Cl)cc1-c1c(/C(N)=N/O)cc(Br)cc1-c1ccc(O)cc1. The van der Waals surface area contributed by atoms with Gasteiger partial charge in [0.05, 0.1) is 0 Å². The Balaban J connectivity index is 2.42. The van der Waals surface area contributed by atoms with E-state index in [9.17, 15) is 10.3 Å². The topological polar surface area (TPSA) is 78.8 Å². The Morgan fingerprint density at radius 1 is 1.04 bits per heavy atom. The lowest BCUT2D eigenvalue weighted by Crippen LogP contribution is -2.15. The Labute approximate surface area is 164 Å². The molecule has 0 fully saturated rings. The number of oxime groups is 1. The van der Waals surface area contributed by atoms with E-state index in [0.717, 1.165) is 32.3 Å². The Kier molecular flexibility index (Phi) is 5.20. The van der Waals surface area contributed by atoms with Gasteiger partial charge in [0.1, 0.15) is 5.75 Å². The fourth-order valence-electron chi connectivity index (χ4n) is 2.89. The number of halogens is 2. The molecule has 0 aliphatic carbocycles. The van der Waals surface area contributed by atoms with Crippen LogP contribution in [0.3, 0.4) is 0 Å². The van der Waals surface area contributed by atoms with Crippen LogP contribution in [0.5, 0.6) is 5.75 Å². The predicted octanol–water partition coefficient (Wildman–Crippen LogP) is 5.55. The van der Waals surface area contributed by atoms with Gasteiger partial charge in [0.25, 0.3) is 0 Å². The Morgan fingerprint density at radius 3 is 2.38 bits per heavy atom. The standard InChI is InChI=1S/C20H16BrClN2O2/c1-11-2-5-14(22)10-16(11)19-17(12-3-6-15(25)7-4-12)8-13(21)9-18(19)20(23)24-26/h2-10,25-26H,1H3,(H2,23,24). The maximum absolute atomic E-state index is 9.61. The number of benzene rings is 3. The van der Waals surface area contributed by atoms with Crippen molar-refractivity contribution in [1.29, 1.82) is 0 Å². The quantitative estimate of drug-likeness (QED) is 0.220. The summed E-state index contributed by atoms with van der Waals surface area (Å²) in [4.78, 5) is 0. The Hall–Kier alpha value is -2.50. The molecule has 0 heterocycles. The number of phenols is 1. The summed E-state index contributed by atoms with van der Waals surface area (Å²) in [5.41, 5.74) is 11.0. The molecule has 4 N–H and O–H groups in total. The third-order valence-corrected chi connectivity index (χ3v) is 4.83. The van der Waals surface area contributed by atoms with E-state index < -0.39 is 0 Å². The molecule has 0 aromatic heterocycles. The number of hydrogen-bond acceptors (Lipinski definition) is 3. The van der Waals surface area contributed by atoms with Gasteiger partial charge in [-0.15, -0.1) is 0 Å². The number of aryl methyl sites for hydroxylation is 1. The normalized spacial score (nSPS) is 11.6. The predicted molar refractivity (Wildman–Crippen MR) is 109 cm³/mol. The summed E-state index contributed by atoms with van der Waals surface area (Å²) in [6.45, 7) is 1.98. The average Bonchev–Trinajstić information content (AvgIpc) is 2.63. The van der Waals surface area contributed by atoms with Gasteiger partial charge in [0.15, 0.2) is 5.84 Å². The molecule has 0 saturated heterocycles. The van der Waals surface area contributed by atoms with Crippen LogP contribution in [-0.4, -0.2) is 16.1 Å². The largest absolute Gasteiger partial charge is 0.508 e. The van der Waals surface area contributed by atoms with Crippen molar-refractivity contribution in [2.45, 2.75) is 6.92 Å². The Bertz CT molecular complexity index is 1000. The molecular formula is C20H16BrClN2O2. The molecule has 3 aromatic rings. The molecular weight excluding hydrogens is 416 g/mol. The summed E-state index contributed by atoms with van der Waals surface area (Å²) < 4.78 is 0.783. The van der Waals surface area contributed by atoms with Crippen LogP contribution in [0.4, 0.5) is 0 Å². The van der Waals surface area contributed by atoms with Gasteiger partial charge in [0, 0.05) is 20.6 Å². The third kappa shape index (κ3) is 3.54. The van der Waals surface area contributed by atoms with Gasteiger partial charge >= 0.3 is 0 Å². The summed E-state index contributed by atoms with van der Waals surface area (Å²) in [6, 6.07) is 16.2. The van der Waals surface area contributed by atoms with Crippen molar-refractivity contribution in [3.05, 3.63) is 75.2 Å². The van der Waals surface area contributed by atoms with E-state index in [0.29, 0.717) is 10.6 Å². The van der Waals surface area contributed by atoms with E-state index in [1.54, 1.807) is 18.2 Å². The number of phenolic OH excluding ortho intramolecular Hbond substituents is 1. The minimum absolute atomic E-state index is 0.000652. The number of amidine groups is 1. The van der Waals surface area contributed by atoms with Crippen LogP contribution >= 0.6 is 27.5 Å². The number of nitrogens with zero attached hydrogens (tertiary/aromatic N) is 1. The van der Waals surface area contributed by atoms with Crippen LogP contribution in [0.1, 0.15) is 11.1 Å². The van der Waals surface area contributed by atoms with Crippen LogP contribution in [-0.2, 0) is 0 Å². The van der Waals surface area contributed by atoms with E-state index in [-0.39, 0.29) is 11.6 Å². The van der Waals surface area contributed by atoms with Crippen LogP contribution < -0.4 is 5.73 Å². The highest BCUT2D eigenvalue weighted by Crippen LogP contribution is 2.40. The van der Waals surface area contributed by atoms with Crippen molar-refractivity contribution in [2.75, 3.05) is 0 Å². The number of rotatable bonds is 3. The molecule has 0 aliphatic rings. The zero-order valence-electron chi connectivity index (χ0n) is 13.9. The second-order valence-electron chi connectivity index (χ2n) is 5.87. The maximum Gasteiger partial charge on any atom is 0.170 e. The minimum atomic E-state index is 0.000652. The smallest absolute Gasteiger partial charge is 0.170 e. The summed E-state index contributed by atoms with van der Waals surface area (Å²) in [7, 11) is 0. The number of hydrogen-bond donors (Lipinski definition) is 3. The van der Waals surface area contributed by atoms with Gasteiger partial charge in [-0.2, -0.15) is 0 Å². The molecule has 4 nitrogen and oxygen atoms in total. The molecule has 0 amide bonds. The summed E-state index contributed by atoms with van der Waals surface area (Å²) >= 11 is 9.72. The zero-order valence-corrected chi connectivity index (χ0v) is 16.2. The molecule has 0 saturated carbocycles. The molecule has 3 aromatic carbocycles. The minimum Gasteiger partial charge on any atom is -0.508 e. The number of nitrogens with two attached hydrogens (primary N) is 1. The van der Waals surface area contributed by atoms with Crippen LogP contribution in [0.15, 0.2) is 64.2 Å². The summed E-state index contributed by atoms with van der Waals surface area (Å²) in [6.07, 6.45) is 0. The molecule has 0 atom stereocenters. The first-order valence-electron chi connectivity index (χ1n) is 7.78. The first kappa shape index (κ1) is 18.3. The molecule has 0 bridgehead atoms. The fraction of sp³-hybridized carbons (Fsp3) is 0.0500. The lowest BCUT2D eigenvalue weighted by molar-refractivity contribution is 0.318. The lowest BCUT2D eigenvalue weighted by atomic mass is 9.88. The molecule has 132 valence electrons. The molecule has 6 heteroatoms. The second kappa shape index (κ2) is 7.40.